The minimum Gasteiger partial charge on any atom is -0.311 e. The van der Waals surface area contributed by atoms with Crippen molar-refractivity contribution in [2.75, 3.05) is 9.80 Å². The van der Waals surface area contributed by atoms with Gasteiger partial charge in [-0.1, -0.05) is 206 Å². The van der Waals surface area contributed by atoms with Crippen molar-refractivity contribution in [1.82, 2.24) is 9.13 Å². The lowest BCUT2D eigenvalue weighted by Gasteiger charge is -2.45. The van der Waals surface area contributed by atoms with Crippen LogP contribution in [0.25, 0.3) is 55.0 Å². The molecule has 0 saturated carbocycles. The summed E-state index contributed by atoms with van der Waals surface area (Å²) in [5.74, 6) is 0. The van der Waals surface area contributed by atoms with Crippen molar-refractivity contribution in [2.45, 2.75) is 184 Å². The largest absolute Gasteiger partial charge is 0.311 e. The van der Waals surface area contributed by atoms with Gasteiger partial charge in [0.05, 0.1) is 22.1 Å². The standard InChI is InChI=1S/C83H93BN4/c1-77(2,3)50-51-42-74-76-75(43-51)86(59-32-24-53(25-33-59)79(7,8)9)73-49-61(88-70-40-28-56(82(16,17)18)46-64(70)65-47-57(83(19,20)21)29-41-71(65)88)35-37-67(73)84(76)66-36-34-60(48-72(66)85(74)58-30-22-52(23-31-58)78(4,5)6)87-68-38-26-54(80(10,11)12)44-62(68)63-45-55(81(13,14)15)27-39-69(63)87/h22-49H,50H2,1-21H3/i50D2. The van der Waals surface area contributed by atoms with E-state index in [0.717, 1.165) is 51.0 Å². The van der Waals surface area contributed by atoms with Crippen molar-refractivity contribution in [1.29, 1.82) is 0 Å². The Balaban J connectivity index is 1.14. The van der Waals surface area contributed by atoms with E-state index in [1.54, 1.807) is 0 Å². The van der Waals surface area contributed by atoms with E-state index in [0.29, 0.717) is 5.56 Å². The molecule has 13 rings (SSSR count). The molecule has 0 fully saturated rings. The summed E-state index contributed by atoms with van der Waals surface area (Å²) in [4.78, 5) is 4.95. The van der Waals surface area contributed by atoms with Gasteiger partial charge < -0.3 is 18.9 Å². The molecular weight excluding hydrogens is 1060 g/mol. The minimum atomic E-state index is -1.75. The van der Waals surface area contributed by atoms with Gasteiger partial charge >= 0.3 is 0 Å². The van der Waals surface area contributed by atoms with Gasteiger partial charge in [-0.2, -0.15) is 0 Å². The van der Waals surface area contributed by atoms with Crippen LogP contribution in [0, 0.1) is 5.41 Å². The number of rotatable bonds is 5. The lowest BCUT2D eigenvalue weighted by Crippen LogP contribution is -2.61. The minimum absolute atomic E-state index is 0.0366. The van der Waals surface area contributed by atoms with Gasteiger partial charge in [0.1, 0.15) is 0 Å². The molecule has 0 atom stereocenters. The summed E-state index contributed by atoms with van der Waals surface area (Å²) in [6, 6.07) is 65.7. The van der Waals surface area contributed by atoms with Crippen molar-refractivity contribution in [3.63, 3.8) is 0 Å². The number of fused-ring (bicyclic) bond motifs is 10. The Morgan fingerprint density at radius 2 is 0.568 bits per heavy atom. The van der Waals surface area contributed by atoms with Crippen LogP contribution < -0.4 is 26.2 Å². The Hall–Kier alpha value is -7.76. The van der Waals surface area contributed by atoms with E-state index in [-0.39, 0.29) is 39.2 Å². The van der Waals surface area contributed by atoms with Crippen LogP contribution in [0.4, 0.5) is 34.1 Å². The van der Waals surface area contributed by atoms with Gasteiger partial charge in [0.2, 0.25) is 0 Å². The molecule has 9 aromatic carbocycles. The smallest absolute Gasteiger partial charge is 0.252 e. The maximum Gasteiger partial charge on any atom is 0.252 e. The molecular formula is C83H93BN4. The molecule has 4 heterocycles. The van der Waals surface area contributed by atoms with Gasteiger partial charge in [0, 0.05) is 69.8 Å². The van der Waals surface area contributed by atoms with Crippen molar-refractivity contribution < 1.29 is 2.74 Å². The summed E-state index contributed by atoms with van der Waals surface area (Å²) >= 11 is 0. The fraction of sp³-hybridized carbons (Fsp3) is 0.349. The number of anilines is 6. The second-order valence-electron chi connectivity index (χ2n) is 33.1. The molecule has 448 valence electrons. The van der Waals surface area contributed by atoms with Gasteiger partial charge in [-0.15, -0.1) is 0 Å². The van der Waals surface area contributed by atoms with Crippen LogP contribution in [0.5, 0.6) is 0 Å². The first kappa shape index (κ1) is 56.7. The predicted octanol–water partition coefficient (Wildman–Crippen LogP) is 21.3. The predicted molar refractivity (Wildman–Crippen MR) is 385 cm³/mol. The summed E-state index contributed by atoms with van der Waals surface area (Å²) in [6.45, 7) is 47.3. The third kappa shape index (κ3) is 10.1. The van der Waals surface area contributed by atoms with Crippen LogP contribution >= 0.6 is 0 Å². The molecule has 11 aromatic rings. The van der Waals surface area contributed by atoms with Gasteiger partial charge in [-0.25, -0.2) is 0 Å². The highest BCUT2D eigenvalue weighted by Gasteiger charge is 2.45. The normalized spacial score (nSPS) is 14.7. The van der Waals surface area contributed by atoms with E-state index in [1.165, 1.54) is 87.9 Å². The van der Waals surface area contributed by atoms with Gasteiger partial charge in [0.25, 0.3) is 6.71 Å². The van der Waals surface area contributed by atoms with Crippen molar-refractivity contribution in [3.05, 3.63) is 209 Å². The molecule has 2 aliphatic heterocycles. The molecule has 0 spiro atoms. The second kappa shape index (κ2) is 19.9. The third-order valence-corrected chi connectivity index (χ3v) is 19.1. The average molecular weight is 1160 g/mol. The first-order valence-corrected chi connectivity index (χ1v) is 32.3. The summed E-state index contributed by atoms with van der Waals surface area (Å²) in [5, 5.41) is 5.00. The van der Waals surface area contributed by atoms with Crippen LogP contribution in [-0.4, -0.2) is 15.8 Å². The lowest BCUT2D eigenvalue weighted by atomic mass is 9.33. The Morgan fingerprint density at radius 1 is 0.295 bits per heavy atom. The van der Waals surface area contributed by atoms with Crippen LogP contribution in [0.3, 0.4) is 0 Å². The fourth-order valence-corrected chi connectivity index (χ4v) is 14.0. The summed E-state index contributed by atoms with van der Waals surface area (Å²) < 4.78 is 25.6. The first-order valence-electron chi connectivity index (χ1n) is 33.3. The quantitative estimate of drug-likeness (QED) is 0.160. The lowest BCUT2D eigenvalue weighted by molar-refractivity contribution is 0.411. The zero-order valence-corrected chi connectivity index (χ0v) is 56.5. The maximum atomic E-state index is 10.3. The van der Waals surface area contributed by atoms with E-state index >= 15 is 0 Å². The van der Waals surface area contributed by atoms with Crippen LogP contribution in [0.1, 0.15) is 187 Å². The number of hydrogen-bond acceptors (Lipinski definition) is 2. The topological polar surface area (TPSA) is 16.3 Å². The van der Waals surface area contributed by atoms with Crippen molar-refractivity contribution in [3.8, 4) is 11.4 Å². The van der Waals surface area contributed by atoms with E-state index in [4.69, 9.17) is 0 Å². The molecule has 0 saturated heterocycles. The van der Waals surface area contributed by atoms with E-state index in [1.807, 2.05) is 20.8 Å². The summed E-state index contributed by atoms with van der Waals surface area (Å²) in [7, 11) is 0. The first-order chi connectivity index (χ1) is 41.8. The van der Waals surface area contributed by atoms with Crippen LogP contribution in [-0.2, 0) is 38.9 Å². The molecule has 0 N–H and O–H groups in total. The third-order valence-electron chi connectivity index (χ3n) is 19.1. The fourth-order valence-electron chi connectivity index (χ4n) is 14.0. The molecule has 0 amide bonds. The van der Waals surface area contributed by atoms with E-state index < -0.39 is 11.8 Å². The molecule has 2 aliphatic rings. The summed E-state index contributed by atoms with van der Waals surface area (Å²) in [5.41, 5.74) is 23.9. The summed E-state index contributed by atoms with van der Waals surface area (Å²) in [6.07, 6.45) is -1.75. The molecule has 0 unspecified atom stereocenters. The zero-order chi connectivity index (χ0) is 64.7. The van der Waals surface area contributed by atoms with Crippen LogP contribution in [0.2, 0.25) is 0 Å². The van der Waals surface area contributed by atoms with Gasteiger partial charge in [0.15, 0.2) is 0 Å². The van der Waals surface area contributed by atoms with E-state index in [2.05, 4.69) is 313 Å². The van der Waals surface area contributed by atoms with E-state index in [9.17, 15) is 2.74 Å². The molecule has 0 aliphatic carbocycles. The second-order valence-corrected chi connectivity index (χ2v) is 33.1. The highest BCUT2D eigenvalue weighted by molar-refractivity contribution is 7.00. The molecule has 0 bridgehead atoms. The average Bonchev–Trinajstić information content (AvgIpc) is 0.715. The molecule has 4 nitrogen and oxygen atoms in total. The highest BCUT2D eigenvalue weighted by atomic mass is 15.2. The Labute approximate surface area is 529 Å². The Kier molecular flexibility index (Phi) is 12.8. The SMILES string of the molecule is [2H]C([2H])(c1cc2c3c(c1)N(c1ccc(C(C)(C)C)cc1)c1cc(-n4c5ccc(C(C)(C)C)cc5c5cc(C(C)(C)C)ccc54)ccc1B3c1ccc(-n3c4ccc(C(C)(C)C)cc4c4cc(C(C)(C)C)ccc43)cc1N2c1ccc(C(C)(C)C)cc1)C(C)(C)C. The number of hydrogen-bond donors (Lipinski definition) is 0. The Morgan fingerprint density at radius 3 is 0.841 bits per heavy atom. The molecule has 5 heteroatoms. The molecule has 88 heavy (non-hydrogen) atoms. The monoisotopic (exact) mass is 1160 g/mol. The molecule has 0 radical (unpaired) electrons. The maximum absolute atomic E-state index is 10.3. The highest BCUT2D eigenvalue weighted by Crippen LogP contribution is 2.49. The van der Waals surface area contributed by atoms with Crippen molar-refractivity contribution in [2.24, 2.45) is 5.41 Å². The van der Waals surface area contributed by atoms with Gasteiger partial charge in [-0.05, 0) is 209 Å². The number of aromatic nitrogens is 2. The zero-order valence-electron chi connectivity index (χ0n) is 58.5. The number of benzene rings is 9. The molecule has 2 aromatic heterocycles. The van der Waals surface area contributed by atoms with Crippen molar-refractivity contribution >= 4 is 101 Å². The van der Waals surface area contributed by atoms with Gasteiger partial charge in [-0.3, -0.25) is 0 Å². The van der Waals surface area contributed by atoms with Crippen LogP contribution in [0.15, 0.2) is 170 Å². The Bertz CT molecular complexity index is 4290. The number of nitrogens with zero attached hydrogens (tertiary/aromatic N) is 4.